The van der Waals surface area contributed by atoms with Crippen LogP contribution >= 0.6 is 0 Å². The lowest BCUT2D eigenvalue weighted by atomic mass is 9.85. The Balaban J connectivity index is 1.56. The molecule has 162 valence electrons. The number of aryl methyl sites for hydroxylation is 3. The maximum atomic E-state index is 13.2. The Morgan fingerprint density at radius 2 is 1.94 bits per heavy atom. The molecule has 0 unspecified atom stereocenters. The van der Waals surface area contributed by atoms with Gasteiger partial charge < -0.3 is 10.6 Å². The average Bonchev–Trinajstić information content (AvgIpc) is 3.19. The van der Waals surface area contributed by atoms with Gasteiger partial charge in [-0.3, -0.25) is 9.59 Å². The van der Waals surface area contributed by atoms with Gasteiger partial charge in [-0.1, -0.05) is 35.9 Å². The highest BCUT2D eigenvalue weighted by molar-refractivity contribution is 6.08. The van der Waals surface area contributed by atoms with Crippen LogP contribution in [0.25, 0.3) is 0 Å². The molecule has 2 N–H and O–H groups in total. The number of carbonyl (C=O) groups is 2. The van der Waals surface area contributed by atoms with Gasteiger partial charge in [0, 0.05) is 23.4 Å². The fourth-order valence-corrected chi connectivity index (χ4v) is 4.59. The van der Waals surface area contributed by atoms with Gasteiger partial charge in [0.05, 0.1) is 6.20 Å². The Hall–Kier alpha value is -3.67. The van der Waals surface area contributed by atoms with Crippen LogP contribution in [0.5, 0.6) is 0 Å². The first-order chi connectivity index (χ1) is 15.4. The summed E-state index contributed by atoms with van der Waals surface area (Å²) in [6.45, 7) is 6.10. The van der Waals surface area contributed by atoms with Gasteiger partial charge in [-0.15, -0.1) is 0 Å². The van der Waals surface area contributed by atoms with E-state index in [0.717, 1.165) is 46.5 Å². The molecule has 2 heterocycles. The minimum atomic E-state index is -0.336. The van der Waals surface area contributed by atoms with E-state index in [1.54, 1.807) is 10.9 Å². The third-order valence-corrected chi connectivity index (χ3v) is 6.41. The molecule has 1 atom stereocenters. The summed E-state index contributed by atoms with van der Waals surface area (Å²) < 4.78 is 1.78. The molecule has 0 radical (unpaired) electrons. The highest BCUT2D eigenvalue weighted by Gasteiger charge is 2.37. The van der Waals surface area contributed by atoms with Crippen LogP contribution in [0, 0.1) is 20.8 Å². The Morgan fingerprint density at radius 3 is 2.72 bits per heavy atom. The van der Waals surface area contributed by atoms with E-state index in [1.165, 1.54) is 5.56 Å². The fourth-order valence-electron chi connectivity index (χ4n) is 4.59. The second kappa shape index (κ2) is 7.79. The zero-order chi connectivity index (χ0) is 22.4. The number of nitrogens with one attached hydrogen (secondary N) is 2. The molecule has 2 aliphatic rings. The Labute approximate surface area is 187 Å². The van der Waals surface area contributed by atoms with Gasteiger partial charge in [0.2, 0.25) is 0 Å². The predicted octanol–water partition coefficient (Wildman–Crippen LogP) is 5.08. The third-order valence-electron chi connectivity index (χ3n) is 6.41. The number of hydrogen-bond acceptors (Lipinski definition) is 4. The lowest BCUT2D eigenvalue weighted by molar-refractivity contribution is -0.116. The summed E-state index contributed by atoms with van der Waals surface area (Å²) in [5, 5.41) is 10.9. The summed E-state index contributed by atoms with van der Waals surface area (Å²) in [6, 6.07) is 13.7. The van der Waals surface area contributed by atoms with Crippen LogP contribution in [-0.2, 0) is 4.79 Å². The first-order valence-corrected chi connectivity index (χ1v) is 11.0. The van der Waals surface area contributed by atoms with Crippen molar-refractivity contribution in [3.63, 3.8) is 0 Å². The highest BCUT2D eigenvalue weighted by Crippen LogP contribution is 2.41. The van der Waals surface area contributed by atoms with Crippen molar-refractivity contribution in [2.24, 2.45) is 0 Å². The summed E-state index contributed by atoms with van der Waals surface area (Å²) >= 11 is 0. The lowest BCUT2D eigenvalue weighted by Crippen LogP contribution is -2.32. The first-order valence-electron chi connectivity index (χ1n) is 11.0. The van der Waals surface area contributed by atoms with E-state index in [2.05, 4.69) is 21.8 Å². The van der Waals surface area contributed by atoms with Crippen LogP contribution in [0.3, 0.4) is 0 Å². The predicted molar refractivity (Wildman–Crippen MR) is 125 cm³/mol. The van der Waals surface area contributed by atoms with Crippen molar-refractivity contribution in [2.75, 3.05) is 10.6 Å². The zero-order valence-electron chi connectivity index (χ0n) is 18.5. The maximum Gasteiger partial charge on any atom is 0.261 e. The van der Waals surface area contributed by atoms with E-state index >= 15 is 0 Å². The van der Waals surface area contributed by atoms with Crippen molar-refractivity contribution in [2.45, 2.75) is 46.1 Å². The van der Waals surface area contributed by atoms with Crippen LogP contribution in [0.2, 0.25) is 0 Å². The Bertz CT molecular complexity index is 1280. The number of carbonyl (C=O) groups excluding carboxylic acids is 2. The number of benzene rings is 2. The average molecular weight is 427 g/mol. The van der Waals surface area contributed by atoms with Crippen LogP contribution in [-0.4, -0.2) is 21.5 Å². The van der Waals surface area contributed by atoms with Crippen LogP contribution in [0.4, 0.5) is 11.5 Å². The molecule has 1 aliphatic carbocycles. The molecule has 1 amide bonds. The number of aromatic nitrogens is 2. The van der Waals surface area contributed by atoms with Gasteiger partial charge in [0.15, 0.2) is 5.78 Å². The topological polar surface area (TPSA) is 76.0 Å². The van der Waals surface area contributed by atoms with Crippen molar-refractivity contribution in [3.8, 4) is 0 Å². The summed E-state index contributed by atoms with van der Waals surface area (Å²) in [5.41, 5.74) is 7.29. The molecule has 5 rings (SSSR count). The largest absolute Gasteiger partial charge is 0.343 e. The number of nitrogens with zero attached hydrogens (tertiary/aromatic N) is 2. The summed E-state index contributed by atoms with van der Waals surface area (Å²) in [6.07, 6.45) is 3.72. The number of allylic oxidation sites excluding steroid dienone is 2. The molecule has 0 bridgehead atoms. The number of hydrogen-bond donors (Lipinski definition) is 2. The number of rotatable bonds is 3. The molecule has 1 aliphatic heterocycles. The van der Waals surface area contributed by atoms with Crippen molar-refractivity contribution in [1.29, 1.82) is 0 Å². The minimum Gasteiger partial charge on any atom is -0.343 e. The number of amides is 1. The van der Waals surface area contributed by atoms with E-state index < -0.39 is 0 Å². The SMILES string of the molecule is Cc1cccc([C@H]2C3=C(CCCC3=O)Nc3c(C(=O)Nc4ccc(C)c(C)c4)cnn32)c1. The van der Waals surface area contributed by atoms with E-state index in [1.807, 2.05) is 57.2 Å². The van der Waals surface area contributed by atoms with Crippen molar-refractivity contribution in [1.82, 2.24) is 9.78 Å². The molecular weight excluding hydrogens is 400 g/mol. The fraction of sp³-hybridized carbons (Fsp3) is 0.269. The molecule has 2 aromatic carbocycles. The molecule has 0 saturated carbocycles. The van der Waals surface area contributed by atoms with Crippen LogP contribution < -0.4 is 10.6 Å². The van der Waals surface area contributed by atoms with E-state index in [-0.39, 0.29) is 17.7 Å². The number of fused-ring (bicyclic) bond motifs is 1. The number of ketones is 1. The standard InChI is InChI=1S/C26H26N4O2/c1-15-6-4-7-18(12-15)24-23-21(8-5-9-22(23)31)29-25-20(14-27-30(24)25)26(32)28-19-11-10-16(2)17(3)13-19/h4,6-7,10-14,24,29H,5,8-9H2,1-3H3,(H,28,32)/t24-/m0/s1. The molecule has 0 fully saturated rings. The van der Waals surface area contributed by atoms with E-state index in [9.17, 15) is 9.59 Å². The van der Waals surface area contributed by atoms with Gasteiger partial charge in [0.25, 0.3) is 5.91 Å². The van der Waals surface area contributed by atoms with Crippen molar-refractivity contribution < 1.29 is 9.59 Å². The zero-order valence-corrected chi connectivity index (χ0v) is 18.5. The third kappa shape index (κ3) is 3.42. The number of anilines is 2. The van der Waals surface area contributed by atoms with Crippen LogP contribution in [0.1, 0.15) is 57.9 Å². The Morgan fingerprint density at radius 1 is 1.09 bits per heavy atom. The Kier molecular flexibility index (Phi) is 4.93. The normalized spacial score (nSPS) is 17.5. The highest BCUT2D eigenvalue weighted by atomic mass is 16.1. The lowest BCUT2D eigenvalue weighted by Gasteiger charge is -2.33. The van der Waals surface area contributed by atoms with Gasteiger partial charge in [-0.25, -0.2) is 4.68 Å². The summed E-state index contributed by atoms with van der Waals surface area (Å²) in [5.74, 6) is 0.551. The molecular formula is C26H26N4O2. The summed E-state index contributed by atoms with van der Waals surface area (Å²) in [7, 11) is 0. The van der Waals surface area contributed by atoms with Gasteiger partial charge >= 0.3 is 0 Å². The first kappa shape index (κ1) is 20.2. The van der Waals surface area contributed by atoms with E-state index in [4.69, 9.17) is 0 Å². The monoisotopic (exact) mass is 426 g/mol. The summed E-state index contributed by atoms with van der Waals surface area (Å²) in [4.78, 5) is 26.1. The van der Waals surface area contributed by atoms with Crippen molar-refractivity contribution >= 4 is 23.2 Å². The maximum absolute atomic E-state index is 13.2. The van der Waals surface area contributed by atoms with E-state index in [0.29, 0.717) is 17.8 Å². The second-order valence-corrected chi connectivity index (χ2v) is 8.72. The molecule has 3 aromatic rings. The quantitative estimate of drug-likeness (QED) is 0.612. The minimum absolute atomic E-state index is 0.146. The molecule has 1 aromatic heterocycles. The van der Waals surface area contributed by atoms with Crippen LogP contribution in [0.15, 0.2) is 59.9 Å². The van der Waals surface area contributed by atoms with Gasteiger partial charge in [0.1, 0.15) is 17.4 Å². The molecule has 6 heteroatoms. The van der Waals surface area contributed by atoms with Gasteiger partial charge in [-0.05, 0) is 62.4 Å². The molecule has 32 heavy (non-hydrogen) atoms. The smallest absolute Gasteiger partial charge is 0.261 e. The van der Waals surface area contributed by atoms with Gasteiger partial charge in [-0.2, -0.15) is 5.10 Å². The molecule has 6 nitrogen and oxygen atoms in total. The van der Waals surface area contributed by atoms with Crippen molar-refractivity contribution in [3.05, 3.63) is 87.7 Å². The second-order valence-electron chi connectivity index (χ2n) is 8.72. The molecule has 0 spiro atoms. The molecule has 0 saturated heterocycles. The number of Topliss-reactive ketones (excluding diaryl/α,β-unsaturated/α-hetero) is 1.